The minimum Gasteiger partial charge on any atom is -0.464 e. The molecule has 1 aliphatic rings. The van der Waals surface area contributed by atoms with Crippen molar-refractivity contribution in [2.75, 3.05) is 7.05 Å². The third-order valence-corrected chi connectivity index (χ3v) is 5.57. The van der Waals surface area contributed by atoms with E-state index in [0.717, 1.165) is 29.4 Å². The molecule has 0 N–H and O–H groups in total. The molecule has 3 aromatic rings. The molecule has 0 unspecified atom stereocenters. The van der Waals surface area contributed by atoms with Gasteiger partial charge in [-0.15, -0.1) is 0 Å². The summed E-state index contributed by atoms with van der Waals surface area (Å²) in [5, 5.41) is 1.05. The predicted molar refractivity (Wildman–Crippen MR) is 99.7 cm³/mol. The van der Waals surface area contributed by atoms with Crippen molar-refractivity contribution in [3.63, 3.8) is 0 Å². The lowest BCUT2D eigenvalue weighted by Crippen LogP contribution is -2.31. The molecule has 1 amide bonds. The molecule has 3 nitrogen and oxygen atoms in total. The smallest absolute Gasteiger partial charge is 0.227 e. The first-order valence-electron chi connectivity index (χ1n) is 8.85. The minimum atomic E-state index is 0.141. The number of amides is 1. The van der Waals surface area contributed by atoms with Gasteiger partial charge >= 0.3 is 0 Å². The summed E-state index contributed by atoms with van der Waals surface area (Å²) in [5.41, 5.74) is 6.93. The standard InChI is InChI=1S/C22H23NO2/c1-14-10-19-17(13-25-21(19)11-15(14)2)12-22(24)23(3)20-9-8-16-6-4-5-7-18(16)20/h4-7,10-11,13,20H,8-9,12H2,1-3H3/t20-/m1/s1. The van der Waals surface area contributed by atoms with Gasteiger partial charge in [-0.2, -0.15) is 0 Å². The fourth-order valence-electron chi connectivity index (χ4n) is 3.87. The molecule has 0 fully saturated rings. The van der Waals surface area contributed by atoms with Crippen molar-refractivity contribution < 1.29 is 9.21 Å². The van der Waals surface area contributed by atoms with Gasteiger partial charge in [0.05, 0.1) is 18.7 Å². The van der Waals surface area contributed by atoms with Gasteiger partial charge in [-0.25, -0.2) is 0 Å². The lowest BCUT2D eigenvalue weighted by molar-refractivity contribution is -0.131. The van der Waals surface area contributed by atoms with E-state index in [0.29, 0.717) is 6.42 Å². The van der Waals surface area contributed by atoms with Crippen molar-refractivity contribution in [2.45, 2.75) is 39.2 Å². The zero-order chi connectivity index (χ0) is 17.6. The molecule has 25 heavy (non-hydrogen) atoms. The Bertz CT molecular complexity index is 954. The fraction of sp³-hybridized carbons (Fsp3) is 0.318. The van der Waals surface area contributed by atoms with Gasteiger partial charge in [-0.05, 0) is 61.1 Å². The van der Waals surface area contributed by atoms with E-state index in [4.69, 9.17) is 4.42 Å². The van der Waals surface area contributed by atoms with Crippen molar-refractivity contribution in [3.8, 4) is 0 Å². The zero-order valence-electron chi connectivity index (χ0n) is 15.0. The summed E-state index contributed by atoms with van der Waals surface area (Å²) in [6.45, 7) is 4.17. The van der Waals surface area contributed by atoms with Crippen LogP contribution in [0.5, 0.6) is 0 Å². The van der Waals surface area contributed by atoms with E-state index in [1.54, 1.807) is 6.26 Å². The highest BCUT2D eigenvalue weighted by Gasteiger charge is 2.28. The molecule has 2 aromatic carbocycles. The quantitative estimate of drug-likeness (QED) is 0.694. The van der Waals surface area contributed by atoms with Crippen LogP contribution in [-0.4, -0.2) is 17.9 Å². The molecular formula is C22H23NO2. The molecule has 128 valence electrons. The van der Waals surface area contributed by atoms with Crippen molar-refractivity contribution in [2.24, 2.45) is 0 Å². The second-order valence-corrected chi connectivity index (χ2v) is 7.13. The number of likely N-dealkylation sites (N-methyl/N-ethyl adjacent to an activating group) is 1. The van der Waals surface area contributed by atoms with Crippen LogP contribution >= 0.6 is 0 Å². The average Bonchev–Trinajstić information content (AvgIpc) is 3.19. The normalized spacial score (nSPS) is 16.2. The Labute approximate surface area is 148 Å². The van der Waals surface area contributed by atoms with E-state index in [9.17, 15) is 4.79 Å². The summed E-state index contributed by atoms with van der Waals surface area (Å²) in [6, 6.07) is 12.8. The average molecular weight is 333 g/mol. The lowest BCUT2D eigenvalue weighted by atomic mass is 10.0. The van der Waals surface area contributed by atoms with E-state index in [1.165, 1.54) is 22.3 Å². The van der Waals surface area contributed by atoms with Crippen LogP contribution in [0, 0.1) is 13.8 Å². The van der Waals surface area contributed by atoms with Gasteiger partial charge in [-0.1, -0.05) is 24.3 Å². The van der Waals surface area contributed by atoms with Gasteiger partial charge in [0.25, 0.3) is 0 Å². The van der Waals surface area contributed by atoms with Crippen LogP contribution < -0.4 is 0 Å². The highest BCUT2D eigenvalue weighted by Crippen LogP contribution is 2.35. The van der Waals surface area contributed by atoms with Crippen LogP contribution in [0.3, 0.4) is 0 Å². The first-order chi connectivity index (χ1) is 12.0. The van der Waals surface area contributed by atoms with Crippen LogP contribution in [0.1, 0.15) is 40.3 Å². The summed E-state index contributed by atoms with van der Waals surface area (Å²) in [7, 11) is 1.92. The van der Waals surface area contributed by atoms with Crippen LogP contribution in [0.15, 0.2) is 47.1 Å². The van der Waals surface area contributed by atoms with Crippen LogP contribution in [0.2, 0.25) is 0 Å². The Morgan fingerprint density at radius 1 is 1.20 bits per heavy atom. The molecule has 0 saturated carbocycles. The number of nitrogens with zero attached hydrogens (tertiary/aromatic N) is 1. The molecule has 0 spiro atoms. The number of benzene rings is 2. The zero-order valence-corrected chi connectivity index (χ0v) is 15.0. The van der Waals surface area contributed by atoms with Gasteiger partial charge in [0.2, 0.25) is 5.91 Å². The Balaban J connectivity index is 1.57. The van der Waals surface area contributed by atoms with Gasteiger partial charge in [0, 0.05) is 18.0 Å². The third kappa shape index (κ3) is 2.74. The maximum atomic E-state index is 12.9. The number of aryl methyl sites for hydroxylation is 3. The topological polar surface area (TPSA) is 33.5 Å². The first-order valence-corrected chi connectivity index (χ1v) is 8.85. The molecule has 1 heterocycles. The monoisotopic (exact) mass is 333 g/mol. The van der Waals surface area contributed by atoms with Crippen molar-refractivity contribution in [3.05, 3.63) is 70.5 Å². The van der Waals surface area contributed by atoms with E-state index in [-0.39, 0.29) is 11.9 Å². The second-order valence-electron chi connectivity index (χ2n) is 7.13. The molecule has 0 aliphatic heterocycles. The molecule has 0 radical (unpaired) electrons. The second kappa shape index (κ2) is 6.07. The molecule has 3 heteroatoms. The molecule has 0 bridgehead atoms. The van der Waals surface area contributed by atoms with E-state index < -0.39 is 0 Å². The maximum Gasteiger partial charge on any atom is 0.227 e. The van der Waals surface area contributed by atoms with E-state index in [1.807, 2.05) is 11.9 Å². The summed E-state index contributed by atoms with van der Waals surface area (Å²) in [5.74, 6) is 0.141. The summed E-state index contributed by atoms with van der Waals surface area (Å²) >= 11 is 0. The van der Waals surface area contributed by atoms with Gasteiger partial charge < -0.3 is 9.32 Å². The number of furan rings is 1. The molecule has 1 aromatic heterocycles. The predicted octanol–water partition coefficient (Wildman–Crippen LogP) is 4.74. The van der Waals surface area contributed by atoms with Crippen molar-refractivity contribution >= 4 is 16.9 Å². The Kier molecular flexibility index (Phi) is 3.87. The maximum absolute atomic E-state index is 12.9. The molecular weight excluding hydrogens is 310 g/mol. The molecule has 1 aliphatic carbocycles. The third-order valence-electron chi connectivity index (χ3n) is 5.57. The number of hydrogen-bond acceptors (Lipinski definition) is 2. The number of carbonyl (C=O) groups is 1. The van der Waals surface area contributed by atoms with Crippen LogP contribution in [0.4, 0.5) is 0 Å². The molecule has 0 saturated heterocycles. The number of rotatable bonds is 3. The molecule has 1 atom stereocenters. The highest BCUT2D eigenvalue weighted by atomic mass is 16.3. The van der Waals surface area contributed by atoms with Gasteiger partial charge in [-0.3, -0.25) is 4.79 Å². The van der Waals surface area contributed by atoms with Crippen LogP contribution in [-0.2, 0) is 17.6 Å². The van der Waals surface area contributed by atoms with Crippen LogP contribution in [0.25, 0.3) is 11.0 Å². The first kappa shape index (κ1) is 15.9. The SMILES string of the molecule is Cc1cc2occ(CC(=O)N(C)[C@@H]3CCc4ccccc43)c2cc1C. The number of hydrogen-bond donors (Lipinski definition) is 0. The number of carbonyl (C=O) groups excluding carboxylic acids is 1. The Hall–Kier alpha value is -2.55. The Morgan fingerprint density at radius 2 is 1.96 bits per heavy atom. The van der Waals surface area contributed by atoms with E-state index >= 15 is 0 Å². The van der Waals surface area contributed by atoms with Gasteiger partial charge in [0.1, 0.15) is 5.58 Å². The minimum absolute atomic E-state index is 0.141. The summed E-state index contributed by atoms with van der Waals surface area (Å²) in [4.78, 5) is 14.8. The summed E-state index contributed by atoms with van der Waals surface area (Å²) in [6.07, 6.45) is 4.17. The summed E-state index contributed by atoms with van der Waals surface area (Å²) < 4.78 is 5.68. The highest BCUT2D eigenvalue weighted by molar-refractivity contribution is 5.88. The van der Waals surface area contributed by atoms with Crippen molar-refractivity contribution in [1.82, 2.24) is 4.90 Å². The molecule has 4 rings (SSSR count). The van der Waals surface area contributed by atoms with E-state index in [2.05, 4.69) is 50.2 Å². The fourth-order valence-corrected chi connectivity index (χ4v) is 3.87. The largest absolute Gasteiger partial charge is 0.464 e. The van der Waals surface area contributed by atoms with Crippen molar-refractivity contribution in [1.29, 1.82) is 0 Å². The van der Waals surface area contributed by atoms with Gasteiger partial charge in [0.15, 0.2) is 0 Å². The lowest BCUT2D eigenvalue weighted by Gasteiger charge is -2.25. The Morgan fingerprint density at radius 3 is 2.80 bits per heavy atom. The number of fused-ring (bicyclic) bond motifs is 2.